The Kier molecular flexibility index (Phi) is 6.72. The fourth-order valence-corrected chi connectivity index (χ4v) is 4.69. The summed E-state index contributed by atoms with van der Waals surface area (Å²) in [6.07, 6.45) is 3.52. The van der Waals surface area contributed by atoms with Gasteiger partial charge in [-0.15, -0.1) is 0 Å². The molecule has 1 atom stereocenters. The predicted molar refractivity (Wildman–Crippen MR) is 134 cm³/mol. The fourth-order valence-electron chi connectivity index (χ4n) is 4.69. The lowest BCUT2D eigenvalue weighted by Crippen LogP contribution is -2.03. The Morgan fingerprint density at radius 3 is 2.97 bits per heavy atom. The number of carbonyl (C=O) groups is 1. The number of halogens is 1. The van der Waals surface area contributed by atoms with Crippen molar-refractivity contribution in [3.05, 3.63) is 53.2 Å². The topological polar surface area (TPSA) is 101 Å². The van der Waals surface area contributed by atoms with E-state index in [1.807, 2.05) is 24.3 Å². The van der Waals surface area contributed by atoms with Gasteiger partial charge in [0.05, 0.1) is 6.42 Å². The lowest BCUT2D eigenvalue weighted by Gasteiger charge is -2.06. The molecule has 8 heteroatoms. The number of aromatic nitrogens is 3. The van der Waals surface area contributed by atoms with Crippen molar-refractivity contribution < 1.29 is 23.6 Å². The number of hydrogen-bond donors (Lipinski definition) is 2. The van der Waals surface area contributed by atoms with E-state index in [-0.39, 0.29) is 18.9 Å². The monoisotopic (exact) mass is 487 g/mol. The third-order valence-electron chi connectivity index (χ3n) is 6.30. The van der Waals surface area contributed by atoms with Gasteiger partial charge in [0.25, 0.3) is 5.89 Å². The zero-order valence-electron chi connectivity index (χ0n) is 19.9. The average Bonchev–Trinajstić information content (AvgIpc) is 3.59. The lowest BCUT2D eigenvalue weighted by atomic mass is 10.0. The number of ether oxygens (including phenoxy) is 1. The van der Waals surface area contributed by atoms with Gasteiger partial charge in [0, 0.05) is 45.6 Å². The summed E-state index contributed by atoms with van der Waals surface area (Å²) in [7, 11) is 0. The van der Waals surface area contributed by atoms with E-state index in [0.29, 0.717) is 23.0 Å². The molecule has 4 aromatic rings. The summed E-state index contributed by atoms with van der Waals surface area (Å²) in [5.74, 6) is 6.69. The Balaban J connectivity index is 1.46. The number of hydrogen-bond acceptors (Lipinski definition) is 5. The lowest BCUT2D eigenvalue weighted by molar-refractivity contribution is -0.137. The van der Waals surface area contributed by atoms with Crippen molar-refractivity contribution in [2.24, 2.45) is 0 Å². The van der Waals surface area contributed by atoms with Crippen LogP contribution in [-0.4, -0.2) is 39.5 Å². The van der Waals surface area contributed by atoms with Crippen molar-refractivity contribution in [2.45, 2.75) is 44.9 Å². The Hall–Kier alpha value is -4.12. The largest absolute Gasteiger partial charge is 0.491 e. The zero-order valence-corrected chi connectivity index (χ0v) is 19.9. The van der Waals surface area contributed by atoms with Crippen LogP contribution in [0.25, 0.3) is 33.7 Å². The van der Waals surface area contributed by atoms with Gasteiger partial charge in [-0.2, -0.15) is 4.98 Å². The maximum absolute atomic E-state index is 12.7. The van der Waals surface area contributed by atoms with Crippen LogP contribution in [0.2, 0.25) is 0 Å². The van der Waals surface area contributed by atoms with Crippen molar-refractivity contribution in [2.75, 3.05) is 13.3 Å². The number of carboxylic acids is 1. The summed E-state index contributed by atoms with van der Waals surface area (Å²) < 4.78 is 23.7. The van der Waals surface area contributed by atoms with Crippen LogP contribution in [0.15, 0.2) is 40.9 Å². The maximum atomic E-state index is 12.7. The molecule has 1 unspecified atom stereocenters. The zero-order chi connectivity index (χ0) is 25.1. The molecule has 0 bridgehead atoms. The number of H-pyrrole nitrogens is 1. The number of fused-ring (bicyclic) bond motifs is 3. The summed E-state index contributed by atoms with van der Waals surface area (Å²) in [5, 5.41) is 14.5. The van der Waals surface area contributed by atoms with Crippen LogP contribution in [0.4, 0.5) is 4.39 Å². The number of alkyl halides is 1. The van der Waals surface area contributed by atoms with E-state index in [1.54, 1.807) is 12.1 Å². The molecule has 2 aromatic carbocycles. The van der Waals surface area contributed by atoms with E-state index in [1.165, 1.54) is 0 Å². The van der Waals surface area contributed by atoms with E-state index >= 15 is 0 Å². The van der Waals surface area contributed by atoms with E-state index in [0.717, 1.165) is 59.0 Å². The first-order valence-corrected chi connectivity index (χ1v) is 12.1. The number of aromatic amines is 1. The number of unbranched alkanes of at least 4 members (excludes halogenated alkanes) is 1. The predicted octanol–water partition coefficient (Wildman–Crippen LogP) is 5.89. The first-order valence-electron chi connectivity index (χ1n) is 12.1. The van der Waals surface area contributed by atoms with Crippen LogP contribution in [0.3, 0.4) is 0 Å². The Morgan fingerprint density at radius 2 is 2.17 bits per heavy atom. The molecular weight excluding hydrogens is 461 g/mol. The molecule has 36 heavy (non-hydrogen) atoms. The van der Waals surface area contributed by atoms with Crippen LogP contribution in [0.1, 0.15) is 55.3 Å². The van der Waals surface area contributed by atoms with Gasteiger partial charge in [-0.25, -0.2) is 4.39 Å². The van der Waals surface area contributed by atoms with Crippen molar-refractivity contribution >= 4 is 16.9 Å². The normalized spacial score (nSPS) is 14.4. The van der Waals surface area contributed by atoms with Gasteiger partial charge >= 0.3 is 5.97 Å². The minimum Gasteiger partial charge on any atom is -0.491 e. The van der Waals surface area contributed by atoms with Crippen molar-refractivity contribution in [1.82, 2.24) is 15.1 Å². The number of aryl methyl sites for hydroxylation is 1. The van der Waals surface area contributed by atoms with Crippen molar-refractivity contribution in [1.29, 1.82) is 0 Å². The molecule has 7 nitrogen and oxygen atoms in total. The molecule has 2 heterocycles. The van der Waals surface area contributed by atoms with Gasteiger partial charge in [-0.3, -0.25) is 4.79 Å². The Bertz CT molecular complexity index is 1480. The summed E-state index contributed by atoms with van der Waals surface area (Å²) in [4.78, 5) is 19.2. The molecule has 2 aromatic heterocycles. The van der Waals surface area contributed by atoms with Crippen LogP contribution < -0.4 is 4.74 Å². The third kappa shape index (κ3) is 4.82. The Labute approximate surface area is 207 Å². The van der Waals surface area contributed by atoms with Gasteiger partial charge in [0.15, 0.2) is 0 Å². The van der Waals surface area contributed by atoms with Gasteiger partial charge < -0.3 is 19.4 Å². The highest BCUT2D eigenvalue weighted by Gasteiger charge is 2.28. The smallest absolute Gasteiger partial charge is 0.304 e. The highest BCUT2D eigenvalue weighted by Crippen LogP contribution is 2.40. The molecular formula is C28H26FN3O4. The second kappa shape index (κ2) is 10.2. The molecule has 1 aliphatic carbocycles. The molecule has 184 valence electrons. The van der Waals surface area contributed by atoms with Crippen LogP contribution in [0, 0.1) is 11.8 Å². The molecule has 0 radical (unpaired) electrons. The Morgan fingerprint density at radius 1 is 1.28 bits per heavy atom. The van der Waals surface area contributed by atoms with E-state index in [4.69, 9.17) is 9.26 Å². The van der Waals surface area contributed by atoms with E-state index < -0.39 is 12.6 Å². The van der Waals surface area contributed by atoms with Gasteiger partial charge in [-0.1, -0.05) is 23.9 Å². The molecule has 0 aliphatic heterocycles. The standard InChI is InChI=1S/C28H26FN3O4/c1-2-3-4-5-17-12-20(14-21(13-17)35-11-10-29)28-31-27(32-36-28)19-7-9-24-23(15-19)22-8-6-18(16-25(33)34)26(22)30-24/h7,9,12-15,18,30H,2-3,6,8,10-11,16H2,1H3,(H,33,34). The number of aliphatic carboxylic acids is 1. The average molecular weight is 488 g/mol. The summed E-state index contributed by atoms with van der Waals surface area (Å²) in [6.45, 7) is 1.43. The molecule has 1 aliphatic rings. The number of nitrogens with one attached hydrogen (secondary N) is 1. The van der Waals surface area contributed by atoms with Crippen LogP contribution >= 0.6 is 0 Å². The van der Waals surface area contributed by atoms with Gasteiger partial charge in [0.2, 0.25) is 5.82 Å². The molecule has 0 saturated carbocycles. The second-order valence-electron chi connectivity index (χ2n) is 8.87. The van der Waals surface area contributed by atoms with Gasteiger partial charge in [0.1, 0.15) is 19.0 Å². The first kappa shape index (κ1) is 23.6. The number of carboxylic acid groups (broad SMARTS) is 1. The fraction of sp³-hybridized carbons (Fsp3) is 0.321. The maximum Gasteiger partial charge on any atom is 0.304 e. The molecule has 2 N–H and O–H groups in total. The van der Waals surface area contributed by atoms with Crippen molar-refractivity contribution in [3.63, 3.8) is 0 Å². The summed E-state index contributed by atoms with van der Waals surface area (Å²) in [6, 6.07) is 11.3. The molecule has 0 fully saturated rings. The number of nitrogens with zero attached hydrogens (tertiary/aromatic N) is 2. The highest BCUT2D eigenvalue weighted by molar-refractivity contribution is 5.89. The van der Waals surface area contributed by atoms with Crippen LogP contribution in [-0.2, 0) is 11.2 Å². The third-order valence-corrected chi connectivity index (χ3v) is 6.30. The van der Waals surface area contributed by atoms with E-state index in [9.17, 15) is 14.3 Å². The van der Waals surface area contributed by atoms with Crippen LogP contribution in [0.5, 0.6) is 5.75 Å². The molecule has 5 rings (SSSR count). The van der Waals surface area contributed by atoms with Crippen molar-refractivity contribution in [3.8, 4) is 40.4 Å². The van der Waals surface area contributed by atoms with E-state index in [2.05, 4.69) is 33.9 Å². The number of benzene rings is 2. The summed E-state index contributed by atoms with van der Waals surface area (Å²) >= 11 is 0. The minimum absolute atomic E-state index is 0.00615. The number of rotatable bonds is 8. The van der Waals surface area contributed by atoms with Gasteiger partial charge in [-0.05, 0) is 61.2 Å². The molecule has 0 spiro atoms. The SMILES string of the molecule is CCCC#Cc1cc(OCCF)cc(-c2nc(-c3ccc4[nH]c5c(c4c3)CCC5CC(=O)O)no2)c1. The second-order valence-corrected chi connectivity index (χ2v) is 8.87. The quantitative estimate of drug-likeness (QED) is 0.301. The molecule has 0 saturated heterocycles. The summed E-state index contributed by atoms with van der Waals surface area (Å²) in [5.41, 5.74) is 5.32. The minimum atomic E-state index is -0.787. The first-order chi connectivity index (χ1) is 17.6. The molecule has 0 amide bonds. The highest BCUT2D eigenvalue weighted by atomic mass is 19.1.